The summed E-state index contributed by atoms with van der Waals surface area (Å²) < 4.78 is 5.06. The van der Waals surface area contributed by atoms with E-state index in [4.69, 9.17) is 14.9 Å². The third-order valence-corrected chi connectivity index (χ3v) is 9.16. The number of aromatic nitrogens is 2. The summed E-state index contributed by atoms with van der Waals surface area (Å²) >= 11 is 0. The summed E-state index contributed by atoms with van der Waals surface area (Å²) in [5.41, 5.74) is 4.93. The van der Waals surface area contributed by atoms with Gasteiger partial charge in [0.1, 0.15) is 6.10 Å². The number of ether oxygens (including phenoxy) is 1. The number of aromatic amines is 1. The van der Waals surface area contributed by atoms with Crippen molar-refractivity contribution in [3.05, 3.63) is 29.1 Å². The fourth-order valence-electron chi connectivity index (χ4n) is 6.39. The Labute approximate surface area is 198 Å². The highest BCUT2D eigenvalue weighted by Crippen LogP contribution is 2.55. The van der Waals surface area contributed by atoms with Crippen LogP contribution in [0.3, 0.4) is 0 Å². The van der Waals surface area contributed by atoms with Crippen LogP contribution >= 0.6 is 0 Å². The number of carbonyl (C=O) groups excluding carboxylic acids is 1. The maximum Gasteiger partial charge on any atom is 0.150 e. The molecule has 2 aliphatic heterocycles. The second-order valence-electron chi connectivity index (χ2n) is 11.3. The lowest BCUT2D eigenvalue weighted by Crippen LogP contribution is -2.54. The minimum atomic E-state index is -0.964. The van der Waals surface area contributed by atoms with Crippen LogP contribution < -0.4 is 5.32 Å². The van der Waals surface area contributed by atoms with E-state index in [1.54, 1.807) is 5.56 Å². The first-order valence-electron chi connectivity index (χ1n) is 13.0. The first kappa shape index (κ1) is 24.6. The molecule has 4 aliphatic rings. The van der Waals surface area contributed by atoms with Gasteiger partial charge in [-0.3, -0.25) is 5.10 Å². The minimum absolute atomic E-state index is 0.110. The van der Waals surface area contributed by atoms with Gasteiger partial charge in [-0.15, -0.1) is 0 Å². The molecular weight excluding hydrogens is 414 g/mol. The monoisotopic (exact) mass is 457 g/mol. The lowest BCUT2D eigenvalue weighted by molar-refractivity contribution is -0.118. The molecule has 0 amide bonds. The van der Waals surface area contributed by atoms with Crippen LogP contribution in [0, 0.1) is 23.2 Å². The lowest BCUT2D eigenvalue weighted by atomic mass is 9.68. The summed E-state index contributed by atoms with van der Waals surface area (Å²) in [5.74, 6) is 2.10. The van der Waals surface area contributed by atoms with E-state index in [0.717, 1.165) is 12.3 Å². The van der Waals surface area contributed by atoms with Crippen LogP contribution in [-0.4, -0.2) is 46.4 Å². The molecule has 5 rings (SSSR count). The molecule has 0 aromatic carbocycles. The van der Waals surface area contributed by atoms with Gasteiger partial charge in [-0.05, 0) is 74.2 Å². The summed E-state index contributed by atoms with van der Waals surface area (Å²) in [5, 5.41) is 21.1. The molecule has 6 heteroatoms. The molecule has 2 aliphatic carbocycles. The topological polar surface area (TPSA) is 87.2 Å². The van der Waals surface area contributed by atoms with Gasteiger partial charge in [0.15, 0.2) is 6.29 Å². The predicted molar refractivity (Wildman–Crippen MR) is 130 cm³/mol. The summed E-state index contributed by atoms with van der Waals surface area (Å²) in [7, 11) is 0. The fourth-order valence-corrected chi connectivity index (χ4v) is 6.39. The minimum Gasteiger partial charge on any atom is -0.383 e. The molecule has 3 bridgehead atoms. The largest absolute Gasteiger partial charge is 0.383 e. The second kappa shape index (κ2) is 9.63. The molecule has 1 aromatic heterocycles. The highest BCUT2D eigenvalue weighted by molar-refractivity contribution is 5.55. The Balaban J connectivity index is 0.000000223. The molecule has 7 unspecified atom stereocenters. The molecule has 6 nitrogen and oxygen atoms in total. The number of rotatable bonds is 7. The van der Waals surface area contributed by atoms with Gasteiger partial charge < -0.3 is 20.0 Å². The molecule has 0 spiro atoms. The van der Waals surface area contributed by atoms with Gasteiger partial charge in [0.2, 0.25) is 0 Å². The summed E-state index contributed by atoms with van der Waals surface area (Å²) in [4.78, 5) is 9.88. The number of allylic oxidation sites excluding steroid dienone is 1. The molecule has 0 saturated carbocycles. The number of nitrogens with zero attached hydrogens (tertiary/aromatic N) is 1. The van der Waals surface area contributed by atoms with Crippen molar-refractivity contribution in [1.29, 1.82) is 0 Å². The van der Waals surface area contributed by atoms with E-state index >= 15 is 0 Å². The highest BCUT2D eigenvalue weighted by Gasteiger charge is 2.58. The average molecular weight is 458 g/mol. The highest BCUT2D eigenvalue weighted by atomic mass is 16.5. The van der Waals surface area contributed by atoms with Crippen LogP contribution in [-0.2, 0) is 27.9 Å². The molecular formula is C27H43N3O3. The van der Waals surface area contributed by atoms with E-state index in [-0.39, 0.29) is 18.2 Å². The van der Waals surface area contributed by atoms with Gasteiger partial charge in [-0.25, -0.2) is 0 Å². The van der Waals surface area contributed by atoms with Crippen LogP contribution in [0.5, 0.6) is 0 Å². The quantitative estimate of drug-likeness (QED) is 0.424. The Kier molecular flexibility index (Phi) is 7.18. The molecule has 3 N–H and O–H groups in total. The molecule has 3 heterocycles. The SMILES string of the molecule is CCC(C)OCC(O)C=O.CCC1(C)CCc2c([C@@]34CC5C=CC(CC5N3)C4C)n[nH]c2C1. The van der Waals surface area contributed by atoms with Crippen molar-refractivity contribution in [2.45, 2.75) is 103 Å². The Bertz CT molecular complexity index is 867. The van der Waals surface area contributed by atoms with Crippen molar-refractivity contribution in [2.75, 3.05) is 6.61 Å². The van der Waals surface area contributed by atoms with Gasteiger partial charge in [0.05, 0.1) is 23.9 Å². The molecule has 1 aromatic rings. The van der Waals surface area contributed by atoms with E-state index in [0.29, 0.717) is 29.6 Å². The van der Waals surface area contributed by atoms with Crippen LogP contribution in [0.2, 0.25) is 0 Å². The number of nitrogens with one attached hydrogen (secondary N) is 2. The van der Waals surface area contributed by atoms with Crippen molar-refractivity contribution in [3.8, 4) is 0 Å². The zero-order valence-electron chi connectivity index (χ0n) is 21.1. The molecule has 0 radical (unpaired) electrons. The Morgan fingerprint density at radius 2 is 2.09 bits per heavy atom. The number of fused-ring (bicyclic) bond motifs is 3. The van der Waals surface area contributed by atoms with Crippen LogP contribution in [0.4, 0.5) is 0 Å². The number of hydrogen-bond donors (Lipinski definition) is 3. The van der Waals surface area contributed by atoms with Gasteiger partial charge in [-0.1, -0.05) is 46.3 Å². The van der Waals surface area contributed by atoms with Crippen LogP contribution in [0.1, 0.15) is 83.7 Å². The van der Waals surface area contributed by atoms with Crippen molar-refractivity contribution in [1.82, 2.24) is 15.5 Å². The van der Waals surface area contributed by atoms with Crippen molar-refractivity contribution in [2.24, 2.45) is 23.2 Å². The molecule has 33 heavy (non-hydrogen) atoms. The van der Waals surface area contributed by atoms with E-state index in [1.165, 1.54) is 49.9 Å². The summed E-state index contributed by atoms with van der Waals surface area (Å²) in [6, 6.07) is 0.679. The number of hydrogen-bond acceptors (Lipinski definition) is 5. The maximum absolute atomic E-state index is 9.88. The predicted octanol–water partition coefficient (Wildman–Crippen LogP) is 4.08. The smallest absolute Gasteiger partial charge is 0.150 e. The van der Waals surface area contributed by atoms with Crippen molar-refractivity contribution in [3.63, 3.8) is 0 Å². The van der Waals surface area contributed by atoms with E-state index < -0.39 is 6.10 Å². The number of aldehydes is 1. The van der Waals surface area contributed by atoms with Crippen LogP contribution in [0.25, 0.3) is 0 Å². The first-order valence-corrected chi connectivity index (χ1v) is 13.0. The number of piperidine rings is 1. The Morgan fingerprint density at radius 3 is 2.79 bits per heavy atom. The lowest BCUT2D eigenvalue weighted by Gasteiger charge is -2.45. The number of aliphatic hydroxyl groups excluding tert-OH is 1. The van der Waals surface area contributed by atoms with E-state index in [9.17, 15) is 4.79 Å². The second-order valence-corrected chi connectivity index (χ2v) is 11.3. The van der Waals surface area contributed by atoms with Crippen molar-refractivity contribution >= 4 is 6.29 Å². The van der Waals surface area contributed by atoms with Gasteiger partial charge in [-0.2, -0.15) is 5.10 Å². The number of carbonyl (C=O) groups is 1. The van der Waals surface area contributed by atoms with E-state index in [2.05, 4.69) is 43.3 Å². The fraction of sp³-hybridized carbons (Fsp3) is 0.778. The molecule has 8 atom stereocenters. The Morgan fingerprint density at radius 1 is 1.33 bits per heavy atom. The Hall–Kier alpha value is -1.50. The molecule has 2 fully saturated rings. The zero-order chi connectivity index (χ0) is 23.8. The normalized spacial score (nSPS) is 37.8. The number of H-pyrrole nitrogens is 1. The summed E-state index contributed by atoms with van der Waals surface area (Å²) in [6.45, 7) is 11.2. The number of aliphatic hydroxyl groups is 1. The third-order valence-electron chi connectivity index (χ3n) is 9.16. The third kappa shape index (κ3) is 4.59. The van der Waals surface area contributed by atoms with Gasteiger partial charge >= 0.3 is 0 Å². The maximum atomic E-state index is 9.88. The van der Waals surface area contributed by atoms with Gasteiger partial charge in [0, 0.05) is 11.7 Å². The van der Waals surface area contributed by atoms with E-state index in [1.807, 2.05) is 13.8 Å². The summed E-state index contributed by atoms with van der Waals surface area (Å²) in [6.07, 6.45) is 13.0. The van der Waals surface area contributed by atoms with Gasteiger partial charge in [0.25, 0.3) is 0 Å². The standard InChI is InChI=1S/C20H29N3.C7H14O3/c1-4-19(3)8-7-15-17(11-19)22-23-18(15)20-10-14-6-5-13(12(20)2)9-16(14)21-20;1-3-6(2)10-5-7(9)4-8/h5-6,12-14,16,21H,4,7-11H2,1-3H3,(H,22,23);4,6-7,9H,3,5H2,1-2H3/t12?,13?,14?,16?,19?,20-;/m0./s1. The molecule has 184 valence electrons. The van der Waals surface area contributed by atoms with Crippen molar-refractivity contribution < 1.29 is 14.6 Å². The first-order chi connectivity index (χ1) is 15.7. The van der Waals surface area contributed by atoms with Crippen LogP contribution in [0.15, 0.2) is 12.2 Å². The molecule has 2 saturated heterocycles. The zero-order valence-corrected chi connectivity index (χ0v) is 21.1. The average Bonchev–Trinajstić information content (AvgIpc) is 3.37.